The van der Waals surface area contributed by atoms with Crippen LogP contribution in [0.4, 0.5) is 4.79 Å². The number of benzene rings is 2. The quantitative estimate of drug-likeness (QED) is 0.473. The minimum absolute atomic E-state index is 0.222. The fourth-order valence-corrected chi connectivity index (χ4v) is 3.86. The average molecular weight is 496 g/mol. The Bertz CT molecular complexity index is 987. The number of ether oxygens (including phenoxy) is 1. The lowest BCUT2D eigenvalue weighted by atomic mass is 9.96. The topological polar surface area (TPSA) is 87.7 Å². The molecule has 3 atom stereocenters. The highest BCUT2D eigenvalue weighted by atomic mass is 16.6. The Balaban J connectivity index is 2.43. The van der Waals surface area contributed by atoms with Crippen molar-refractivity contribution in [1.82, 2.24) is 15.5 Å². The molecule has 0 saturated carbocycles. The van der Waals surface area contributed by atoms with Gasteiger partial charge in [-0.15, -0.1) is 0 Å². The maximum absolute atomic E-state index is 14.1. The molecule has 3 unspecified atom stereocenters. The SMILES string of the molecule is CCC(C)N(C(=O)C(NC(=O)OC(C)(C)C)C(C)C)C(C(=O)NCc1ccccc1)c1ccccc1. The summed E-state index contributed by atoms with van der Waals surface area (Å²) in [6.07, 6.45) is -0.0263. The van der Waals surface area contributed by atoms with E-state index in [4.69, 9.17) is 4.74 Å². The van der Waals surface area contributed by atoms with Crippen LogP contribution < -0.4 is 10.6 Å². The van der Waals surface area contributed by atoms with Crippen molar-refractivity contribution in [2.75, 3.05) is 0 Å². The molecule has 2 rings (SSSR count). The average Bonchev–Trinajstić information content (AvgIpc) is 2.83. The summed E-state index contributed by atoms with van der Waals surface area (Å²) in [6.45, 7) is 13.3. The van der Waals surface area contributed by atoms with E-state index in [1.54, 1.807) is 25.7 Å². The van der Waals surface area contributed by atoms with E-state index in [0.717, 1.165) is 5.56 Å². The van der Waals surface area contributed by atoms with E-state index in [1.165, 1.54) is 0 Å². The van der Waals surface area contributed by atoms with Gasteiger partial charge in [0.1, 0.15) is 17.7 Å². The Morgan fingerprint density at radius 1 is 0.917 bits per heavy atom. The van der Waals surface area contributed by atoms with Gasteiger partial charge >= 0.3 is 6.09 Å². The first-order valence-electron chi connectivity index (χ1n) is 12.6. The zero-order valence-electron chi connectivity index (χ0n) is 22.6. The molecule has 0 fully saturated rings. The van der Waals surface area contributed by atoms with Crippen molar-refractivity contribution in [1.29, 1.82) is 0 Å². The molecule has 7 nitrogen and oxygen atoms in total. The van der Waals surface area contributed by atoms with Gasteiger partial charge in [-0.05, 0) is 51.2 Å². The maximum atomic E-state index is 14.1. The first-order valence-corrected chi connectivity index (χ1v) is 12.6. The summed E-state index contributed by atoms with van der Waals surface area (Å²) >= 11 is 0. The van der Waals surface area contributed by atoms with Crippen molar-refractivity contribution in [3.63, 3.8) is 0 Å². The molecule has 3 amide bonds. The fraction of sp³-hybridized carbons (Fsp3) is 0.483. The maximum Gasteiger partial charge on any atom is 0.408 e. The third kappa shape index (κ3) is 8.40. The summed E-state index contributed by atoms with van der Waals surface area (Å²) in [5, 5.41) is 5.76. The van der Waals surface area contributed by atoms with Crippen LogP contribution >= 0.6 is 0 Å². The zero-order valence-corrected chi connectivity index (χ0v) is 22.6. The summed E-state index contributed by atoms with van der Waals surface area (Å²) in [7, 11) is 0. The number of nitrogens with zero attached hydrogens (tertiary/aromatic N) is 1. The summed E-state index contributed by atoms with van der Waals surface area (Å²) in [6, 6.07) is 16.9. The third-order valence-electron chi connectivity index (χ3n) is 5.88. The van der Waals surface area contributed by atoms with Gasteiger partial charge in [-0.1, -0.05) is 81.4 Å². The van der Waals surface area contributed by atoms with Crippen molar-refractivity contribution in [2.24, 2.45) is 5.92 Å². The van der Waals surface area contributed by atoms with Gasteiger partial charge in [0.2, 0.25) is 11.8 Å². The van der Waals surface area contributed by atoms with Gasteiger partial charge in [0, 0.05) is 12.6 Å². The number of rotatable bonds is 10. The van der Waals surface area contributed by atoms with Crippen LogP contribution in [0.25, 0.3) is 0 Å². The molecule has 0 bridgehead atoms. The predicted molar refractivity (Wildman–Crippen MR) is 142 cm³/mol. The first-order chi connectivity index (χ1) is 16.9. The lowest BCUT2D eigenvalue weighted by Gasteiger charge is -2.39. The highest BCUT2D eigenvalue weighted by Gasteiger charge is 2.39. The lowest BCUT2D eigenvalue weighted by molar-refractivity contribution is -0.146. The van der Waals surface area contributed by atoms with Crippen molar-refractivity contribution in [3.05, 3.63) is 71.8 Å². The standard InChI is InChI=1S/C29H41N3O4/c1-8-21(4)32(27(34)24(20(2)3)31-28(35)36-29(5,6)7)25(23-17-13-10-14-18-23)26(33)30-19-22-15-11-9-12-16-22/h9-18,20-21,24-25H,8,19H2,1-7H3,(H,30,33)(H,31,35). The number of amides is 3. The molecule has 0 heterocycles. The Morgan fingerprint density at radius 2 is 1.47 bits per heavy atom. The molecule has 196 valence electrons. The van der Waals surface area contributed by atoms with Gasteiger partial charge in [-0.2, -0.15) is 0 Å². The van der Waals surface area contributed by atoms with E-state index >= 15 is 0 Å². The molecule has 7 heteroatoms. The summed E-state index contributed by atoms with van der Waals surface area (Å²) in [4.78, 5) is 41.9. The molecule has 0 aliphatic heterocycles. The summed E-state index contributed by atoms with van der Waals surface area (Å²) < 4.78 is 5.42. The van der Waals surface area contributed by atoms with Gasteiger partial charge in [-0.25, -0.2) is 4.79 Å². The second kappa shape index (κ2) is 13.1. The predicted octanol–water partition coefficient (Wildman–Crippen LogP) is 5.22. The van der Waals surface area contributed by atoms with Gasteiger partial charge in [-0.3, -0.25) is 9.59 Å². The van der Waals surface area contributed by atoms with E-state index in [2.05, 4.69) is 10.6 Å². The van der Waals surface area contributed by atoms with Crippen molar-refractivity contribution in [3.8, 4) is 0 Å². The molecule has 0 saturated heterocycles. The minimum Gasteiger partial charge on any atom is -0.444 e. The van der Waals surface area contributed by atoms with Gasteiger partial charge in [0.25, 0.3) is 0 Å². The highest BCUT2D eigenvalue weighted by molar-refractivity contribution is 5.92. The van der Waals surface area contributed by atoms with Gasteiger partial charge < -0.3 is 20.3 Å². The highest BCUT2D eigenvalue weighted by Crippen LogP contribution is 2.27. The second-order valence-corrected chi connectivity index (χ2v) is 10.4. The number of nitrogens with one attached hydrogen (secondary N) is 2. The molecule has 2 aromatic carbocycles. The summed E-state index contributed by atoms with van der Waals surface area (Å²) in [5.41, 5.74) is 0.969. The van der Waals surface area contributed by atoms with E-state index < -0.39 is 23.8 Å². The molecule has 0 aliphatic carbocycles. The number of alkyl carbamates (subject to hydrolysis) is 1. The van der Waals surface area contributed by atoms with Crippen LogP contribution in [0.1, 0.15) is 72.1 Å². The van der Waals surface area contributed by atoms with Crippen LogP contribution in [0.15, 0.2) is 60.7 Å². The zero-order chi connectivity index (χ0) is 26.9. The fourth-order valence-electron chi connectivity index (χ4n) is 3.86. The third-order valence-corrected chi connectivity index (χ3v) is 5.88. The van der Waals surface area contributed by atoms with Crippen LogP contribution in [0.2, 0.25) is 0 Å². The molecular formula is C29H41N3O4. The normalized spacial score (nSPS) is 13.9. The van der Waals surface area contributed by atoms with Crippen molar-refractivity contribution in [2.45, 2.75) is 85.2 Å². The van der Waals surface area contributed by atoms with Gasteiger partial charge in [0.15, 0.2) is 0 Å². The smallest absolute Gasteiger partial charge is 0.408 e. The summed E-state index contributed by atoms with van der Waals surface area (Å²) in [5.74, 6) is -0.826. The van der Waals surface area contributed by atoms with Crippen LogP contribution in [-0.4, -0.2) is 40.5 Å². The van der Waals surface area contributed by atoms with E-state index in [9.17, 15) is 14.4 Å². The molecule has 2 aromatic rings. The molecule has 0 spiro atoms. The lowest BCUT2D eigenvalue weighted by Crippen LogP contribution is -2.57. The van der Waals surface area contributed by atoms with Crippen molar-refractivity contribution < 1.29 is 19.1 Å². The Kier molecular flexibility index (Phi) is 10.5. The molecule has 0 aromatic heterocycles. The second-order valence-electron chi connectivity index (χ2n) is 10.4. The minimum atomic E-state index is -0.862. The van der Waals surface area contributed by atoms with Crippen LogP contribution in [0, 0.1) is 5.92 Å². The number of hydrogen-bond donors (Lipinski definition) is 2. The number of carbonyl (C=O) groups excluding carboxylic acids is 3. The Hall–Kier alpha value is -3.35. The number of hydrogen-bond acceptors (Lipinski definition) is 4. The van der Waals surface area contributed by atoms with E-state index in [0.29, 0.717) is 18.5 Å². The van der Waals surface area contributed by atoms with E-state index in [1.807, 2.05) is 88.4 Å². The van der Waals surface area contributed by atoms with Crippen LogP contribution in [0.3, 0.4) is 0 Å². The molecule has 2 N–H and O–H groups in total. The molecule has 0 radical (unpaired) electrons. The Morgan fingerprint density at radius 3 is 1.97 bits per heavy atom. The monoisotopic (exact) mass is 495 g/mol. The number of carbonyl (C=O) groups is 3. The largest absolute Gasteiger partial charge is 0.444 e. The first kappa shape index (κ1) is 28.9. The van der Waals surface area contributed by atoms with Crippen molar-refractivity contribution >= 4 is 17.9 Å². The molecule has 0 aliphatic rings. The van der Waals surface area contributed by atoms with E-state index in [-0.39, 0.29) is 23.8 Å². The molecule has 36 heavy (non-hydrogen) atoms. The van der Waals surface area contributed by atoms with Gasteiger partial charge in [0.05, 0.1) is 0 Å². The van der Waals surface area contributed by atoms with Crippen LogP contribution in [0.5, 0.6) is 0 Å². The molecular weight excluding hydrogens is 454 g/mol. The Labute approximate surface area is 215 Å². The van der Waals surface area contributed by atoms with Crippen LogP contribution in [-0.2, 0) is 20.9 Å².